The number of hydrogen-bond donors (Lipinski definition) is 1. The highest BCUT2D eigenvalue weighted by Crippen LogP contribution is 2.18. The van der Waals surface area contributed by atoms with E-state index in [0.29, 0.717) is 12.1 Å². The molecule has 0 aliphatic rings. The second kappa shape index (κ2) is 7.54. The van der Waals surface area contributed by atoms with Gasteiger partial charge in [0.1, 0.15) is 9.84 Å². The molecule has 0 aliphatic carbocycles. The summed E-state index contributed by atoms with van der Waals surface area (Å²) in [6, 6.07) is 1.63. The fourth-order valence-corrected chi connectivity index (χ4v) is 2.29. The number of hydrogen-bond acceptors (Lipinski definition) is 5. The van der Waals surface area contributed by atoms with Crippen molar-refractivity contribution in [2.75, 3.05) is 37.0 Å². The number of anilines is 1. The first-order valence-corrected chi connectivity index (χ1v) is 8.64. The predicted octanol–water partition coefficient (Wildman–Crippen LogP) is 1.20. The molecule has 7 heteroatoms. The van der Waals surface area contributed by atoms with E-state index in [1.165, 1.54) is 11.1 Å². The molecular formula is C13H22FN3O2S. The first-order valence-electron chi connectivity index (χ1n) is 6.58. The summed E-state index contributed by atoms with van der Waals surface area (Å²) in [5.41, 5.74) is 0.537. The van der Waals surface area contributed by atoms with Crippen LogP contribution < -0.4 is 10.2 Å². The quantitative estimate of drug-likeness (QED) is 0.731. The van der Waals surface area contributed by atoms with Gasteiger partial charge >= 0.3 is 0 Å². The van der Waals surface area contributed by atoms with Gasteiger partial charge < -0.3 is 10.2 Å². The lowest BCUT2D eigenvalue weighted by Crippen LogP contribution is -2.27. The average molecular weight is 303 g/mol. The topological polar surface area (TPSA) is 62.3 Å². The van der Waals surface area contributed by atoms with Gasteiger partial charge in [0.2, 0.25) is 0 Å². The number of halogens is 1. The van der Waals surface area contributed by atoms with Crippen LogP contribution in [0.2, 0.25) is 0 Å². The van der Waals surface area contributed by atoms with Crippen molar-refractivity contribution < 1.29 is 12.8 Å². The maximum absolute atomic E-state index is 14.3. The van der Waals surface area contributed by atoms with Crippen molar-refractivity contribution in [1.29, 1.82) is 0 Å². The molecule has 1 N–H and O–H groups in total. The van der Waals surface area contributed by atoms with Gasteiger partial charge in [-0.05, 0) is 19.0 Å². The maximum Gasteiger partial charge on any atom is 0.170 e. The molecule has 5 nitrogen and oxygen atoms in total. The molecule has 0 bridgehead atoms. The van der Waals surface area contributed by atoms with Gasteiger partial charge in [0.25, 0.3) is 0 Å². The van der Waals surface area contributed by atoms with E-state index >= 15 is 0 Å². The van der Waals surface area contributed by atoms with E-state index in [1.807, 2.05) is 6.92 Å². The van der Waals surface area contributed by atoms with Crippen molar-refractivity contribution in [3.8, 4) is 0 Å². The second-order valence-electron chi connectivity index (χ2n) is 4.84. The highest BCUT2D eigenvalue weighted by atomic mass is 32.2. The highest BCUT2D eigenvalue weighted by molar-refractivity contribution is 7.90. The van der Waals surface area contributed by atoms with E-state index in [1.54, 1.807) is 13.1 Å². The first-order chi connectivity index (χ1) is 9.35. The minimum absolute atomic E-state index is 0.0249. The minimum Gasteiger partial charge on any atom is -0.356 e. The molecule has 1 rings (SSSR count). The number of nitrogens with one attached hydrogen (secondary N) is 1. The summed E-state index contributed by atoms with van der Waals surface area (Å²) in [4.78, 5) is 5.52. The molecule has 0 spiro atoms. The second-order valence-corrected chi connectivity index (χ2v) is 7.10. The van der Waals surface area contributed by atoms with Crippen molar-refractivity contribution in [3.63, 3.8) is 0 Å². The van der Waals surface area contributed by atoms with Crippen LogP contribution >= 0.6 is 0 Å². The third kappa shape index (κ3) is 5.42. The van der Waals surface area contributed by atoms with Crippen molar-refractivity contribution in [1.82, 2.24) is 10.3 Å². The van der Waals surface area contributed by atoms with Crippen molar-refractivity contribution in [3.05, 3.63) is 23.6 Å². The van der Waals surface area contributed by atoms with Crippen LogP contribution in [0, 0.1) is 5.82 Å². The number of rotatable bonds is 8. The Morgan fingerprint density at radius 2 is 2.15 bits per heavy atom. The molecule has 0 saturated heterocycles. The van der Waals surface area contributed by atoms with Crippen LogP contribution in [-0.4, -0.2) is 45.5 Å². The predicted molar refractivity (Wildman–Crippen MR) is 79.2 cm³/mol. The van der Waals surface area contributed by atoms with Crippen molar-refractivity contribution in [2.45, 2.75) is 19.9 Å². The Balaban J connectivity index is 2.77. The third-order valence-electron chi connectivity index (χ3n) is 2.85. The molecule has 20 heavy (non-hydrogen) atoms. The number of pyridine rings is 1. The molecular weight excluding hydrogens is 281 g/mol. The molecule has 0 unspecified atom stereocenters. The largest absolute Gasteiger partial charge is 0.356 e. The molecule has 0 atom stereocenters. The van der Waals surface area contributed by atoms with Crippen molar-refractivity contribution >= 4 is 15.7 Å². The zero-order chi connectivity index (χ0) is 15.2. The monoisotopic (exact) mass is 303 g/mol. The minimum atomic E-state index is -3.07. The summed E-state index contributed by atoms with van der Waals surface area (Å²) in [7, 11) is -1.43. The van der Waals surface area contributed by atoms with Gasteiger partial charge in [-0.2, -0.15) is 0 Å². The molecule has 114 valence electrons. The number of aromatic nitrogens is 1. The van der Waals surface area contributed by atoms with E-state index in [-0.39, 0.29) is 18.1 Å². The van der Waals surface area contributed by atoms with Crippen LogP contribution in [-0.2, 0) is 16.4 Å². The summed E-state index contributed by atoms with van der Waals surface area (Å²) in [6.07, 6.45) is 3.68. The number of nitrogens with zero attached hydrogens (tertiary/aromatic N) is 2. The van der Waals surface area contributed by atoms with Crippen LogP contribution in [0.15, 0.2) is 12.3 Å². The molecule has 0 radical (unpaired) electrons. The molecule has 0 aromatic carbocycles. The average Bonchev–Trinajstić information content (AvgIpc) is 2.37. The van der Waals surface area contributed by atoms with Gasteiger partial charge in [0, 0.05) is 38.2 Å². The Bertz CT molecular complexity index is 534. The summed E-state index contributed by atoms with van der Waals surface area (Å²) >= 11 is 0. The SMILES string of the molecule is CCCNCc1ccnc(N(C)CCS(C)(=O)=O)c1F. The fraction of sp³-hybridized carbons (Fsp3) is 0.615. The molecule has 0 aliphatic heterocycles. The van der Waals surface area contributed by atoms with E-state index in [0.717, 1.165) is 19.2 Å². The number of sulfone groups is 1. The molecule has 1 aromatic rings. The zero-order valence-electron chi connectivity index (χ0n) is 12.2. The standard InChI is InChI=1S/C13H22FN3O2S/c1-4-6-15-10-11-5-7-16-13(12(11)14)17(2)8-9-20(3,18)19/h5,7,15H,4,6,8-10H2,1-3H3. The Morgan fingerprint density at radius 1 is 1.45 bits per heavy atom. The lowest BCUT2D eigenvalue weighted by Gasteiger charge is -2.19. The summed E-state index contributed by atoms with van der Waals surface area (Å²) in [5.74, 6) is -0.236. The van der Waals surface area contributed by atoms with Gasteiger partial charge in [-0.1, -0.05) is 6.92 Å². The molecule has 0 fully saturated rings. The molecule has 1 aromatic heterocycles. The van der Waals surface area contributed by atoms with Crippen LogP contribution in [0.1, 0.15) is 18.9 Å². The lowest BCUT2D eigenvalue weighted by molar-refractivity contribution is 0.577. The van der Waals surface area contributed by atoms with Crippen LogP contribution in [0.25, 0.3) is 0 Å². The molecule has 0 amide bonds. The smallest absolute Gasteiger partial charge is 0.170 e. The summed E-state index contributed by atoms with van der Waals surface area (Å²) in [5, 5.41) is 3.13. The molecule has 1 heterocycles. The van der Waals surface area contributed by atoms with E-state index in [2.05, 4.69) is 10.3 Å². The van der Waals surface area contributed by atoms with Crippen LogP contribution in [0.3, 0.4) is 0 Å². The maximum atomic E-state index is 14.3. The van der Waals surface area contributed by atoms with Gasteiger partial charge in [0.05, 0.1) is 5.75 Å². The Morgan fingerprint density at radius 3 is 2.75 bits per heavy atom. The first kappa shape index (κ1) is 16.8. The van der Waals surface area contributed by atoms with E-state index in [4.69, 9.17) is 0 Å². The summed E-state index contributed by atoms with van der Waals surface area (Å²) in [6.45, 7) is 3.52. The highest BCUT2D eigenvalue weighted by Gasteiger charge is 2.14. The van der Waals surface area contributed by atoms with E-state index < -0.39 is 15.7 Å². The van der Waals surface area contributed by atoms with Crippen molar-refractivity contribution in [2.24, 2.45) is 0 Å². The van der Waals surface area contributed by atoms with Crippen LogP contribution in [0.5, 0.6) is 0 Å². The Hall–Kier alpha value is -1.21. The van der Waals surface area contributed by atoms with E-state index in [9.17, 15) is 12.8 Å². The third-order valence-corrected chi connectivity index (χ3v) is 3.78. The lowest BCUT2D eigenvalue weighted by atomic mass is 10.2. The zero-order valence-corrected chi connectivity index (χ0v) is 13.0. The van der Waals surface area contributed by atoms with Gasteiger partial charge in [0.15, 0.2) is 11.6 Å². The Labute approximate surface area is 120 Å². The normalized spacial score (nSPS) is 11.6. The molecule has 0 saturated carbocycles. The van der Waals surface area contributed by atoms with Crippen LogP contribution in [0.4, 0.5) is 10.2 Å². The van der Waals surface area contributed by atoms with Gasteiger partial charge in [-0.15, -0.1) is 0 Å². The van der Waals surface area contributed by atoms with Gasteiger partial charge in [-0.3, -0.25) is 0 Å². The Kier molecular flexibility index (Phi) is 6.35. The van der Waals surface area contributed by atoms with Gasteiger partial charge in [-0.25, -0.2) is 17.8 Å². The summed E-state index contributed by atoms with van der Waals surface area (Å²) < 4.78 is 36.6. The fourth-order valence-electron chi connectivity index (χ4n) is 1.68.